The van der Waals surface area contributed by atoms with Crippen LogP contribution in [0.1, 0.15) is 40.5 Å². The zero-order valence-corrected chi connectivity index (χ0v) is 17.7. The van der Waals surface area contributed by atoms with E-state index in [0.717, 1.165) is 30.6 Å². The molecule has 0 aliphatic carbocycles. The first-order chi connectivity index (χ1) is 12.3. The fourth-order valence-corrected chi connectivity index (χ4v) is 8.09. The van der Waals surface area contributed by atoms with E-state index in [1.807, 2.05) is 6.92 Å². The predicted molar refractivity (Wildman–Crippen MR) is 117 cm³/mol. The summed E-state index contributed by atoms with van der Waals surface area (Å²) in [5.74, 6) is 0. The highest BCUT2D eigenvalue weighted by Gasteiger charge is 2.49. The molecule has 138 valence electrons. The first-order valence-corrected chi connectivity index (χ1v) is 11.3. The van der Waals surface area contributed by atoms with Crippen LogP contribution in [0.3, 0.4) is 0 Å². The number of benzene rings is 2. The van der Waals surface area contributed by atoms with E-state index in [4.69, 9.17) is 4.43 Å². The minimum Gasteiger partial charge on any atom is -0.407 e. The molecule has 2 aromatic rings. The van der Waals surface area contributed by atoms with E-state index in [1.165, 1.54) is 10.4 Å². The van der Waals surface area contributed by atoms with Crippen molar-refractivity contribution >= 4 is 18.7 Å². The fraction of sp³-hybridized carbons (Fsp3) is 0.333. The van der Waals surface area contributed by atoms with E-state index >= 15 is 0 Å². The molecule has 0 amide bonds. The third-order valence-corrected chi connectivity index (χ3v) is 10.0. The average Bonchev–Trinajstić information content (AvgIpc) is 2.62. The van der Waals surface area contributed by atoms with Gasteiger partial charge in [-0.3, -0.25) is 0 Å². The molecular formula is C24H32OSi. The van der Waals surface area contributed by atoms with Gasteiger partial charge in [-0.25, -0.2) is 0 Å². The van der Waals surface area contributed by atoms with Gasteiger partial charge < -0.3 is 4.43 Å². The van der Waals surface area contributed by atoms with Gasteiger partial charge in [0.1, 0.15) is 0 Å². The molecule has 0 heterocycles. The molecule has 0 N–H and O–H groups in total. The molecule has 0 spiro atoms. The fourth-order valence-electron chi connectivity index (χ4n) is 3.49. The normalized spacial score (nSPS) is 12.0. The monoisotopic (exact) mass is 364 g/mol. The van der Waals surface area contributed by atoms with E-state index in [1.54, 1.807) is 0 Å². The van der Waals surface area contributed by atoms with E-state index in [0.29, 0.717) is 0 Å². The van der Waals surface area contributed by atoms with Crippen molar-refractivity contribution in [3.8, 4) is 0 Å². The van der Waals surface area contributed by atoms with Crippen molar-refractivity contribution in [2.45, 2.75) is 45.6 Å². The third kappa shape index (κ3) is 4.43. The number of hydrogen-bond acceptors (Lipinski definition) is 1. The Morgan fingerprint density at radius 1 is 0.885 bits per heavy atom. The van der Waals surface area contributed by atoms with E-state index in [2.05, 4.69) is 94.6 Å². The van der Waals surface area contributed by atoms with Crippen molar-refractivity contribution in [1.82, 2.24) is 0 Å². The molecular weight excluding hydrogens is 332 g/mol. The van der Waals surface area contributed by atoms with Crippen LogP contribution in [-0.4, -0.2) is 14.9 Å². The highest BCUT2D eigenvalue weighted by atomic mass is 28.4. The molecule has 0 saturated carbocycles. The first-order valence-electron chi connectivity index (χ1n) is 9.37. The summed E-state index contributed by atoms with van der Waals surface area (Å²) in [6.45, 7) is 17.8. The largest absolute Gasteiger partial charge is 0.407 e. The van der Waals surface area contributed by atoms with Crippen molar-refractivity contribution in [1.29, 1.82) is 0 Å². The number of allylic oxidation sites excluding steroid dienone is 2. The maximum atomic E-state index is 6.86. The van der Waals surface area contributed by atoms with Crippen LogP contribution in [-0.2, 0) is 4.43 Å². The molecule has 2 heteroatoms. The summed E-state index contributed by atoms with van der Waals surface area (Å²) in [6, 6.07) is 21.6. The summed E-state index contributed by atoms with van der Waals surface area (Å²) < 4.78 is 6.86. The molecule has 0 aliphatic rings. The second kappa shape index (κ2) is 8.66. The molecule has 0 bridgehead atoms. The highest BCUT2D eigenvalue weighted by molar-refractivity contribution is 6.99. The molecule has 0 fully saturated rings. The summed E-state index contributed by atoms with van der Waals surface area (Å²) in [5.41, 5.74) is 2.19. The minimum absolute atomic E-state index is 0.0288. The summed E-state index contributed by atoms with van der Waals surface area (Å²) in [6.07, 6.45) is 1.91. The smallest absolute Gasteiger partial charge is 0.261 e. The van der Waals surface area contributed by atoms with Crippen LogP contribution in [0.4, 0.5) is 0 Å². The summed E-state index contributed by atoms with van der Waals surface area (Å²) >= 11 is 0. The predicted octanol–water partition coefficient (Wildman–Crippen LogP) is 5.48. The third-order valence-electron chi connectivity index (χ3n) is 4.96. The van der Waals surface area contributed by atoms with Crippen molar-refractivity contribution < 1.29 is 4.43 Å². The number of rotatable bonds is 8. The van der Waals surface area contributed by atoms with Crippen molar-refractivity contribution in [3.63, 3.8) is 0 Å². The Morgan fingerprint density at radius 2 is 1.35 bits per heavy atom. The Morgan fingerprint density at radius 3 is 1.73 bits per heavy atom. The van der Waals surface area contributed by atoms with Gasteiger partial charge in [-0.15, -0.1) is 0 Å². The van der Waals surface area contributed by atoms with Gasteiger partial charge in [0.15, 0.2) is 0 Å². The molecule has 2 aromatic carbocycles. The Balaban J connectivity index is 2.38. The standard InChI is InChI=1S/C24H32OSi/c1-20(2)21(3)14-13-19-25-26(24(4,5)6,22-15-9-7-10-16-22)23-17-11-8-12-18-23/h7-12,15-18H,1,3,13-14,19H2,2,4-6H3. The molecule has 2 rings (SSSR count). The lowest BCUT2D eigenvalue weighted by Gasteiger charge is -2.43. The van der Waals surface area contributed by atoms with Crippen molar-refractivity contribution in [3.05, 3.63) is 85.0 Å². The minimum atomic E-state index is -2.40. The Hall–Kier alpha value is -1.90. The quantitative estimate of drug-likeness (QED) is 0.342. The van der Waals surface area contributed by atoms with E-state index in [9.17, 15) is 0 Å². The van der Waals surface area contributed by atoms with Crippen LogP contribution >= 0.6 is 0 Å². The van der Waals surface area contributed by atoms with Gasteiger partial charge in [-0.05, 0) is 35.2 Å². The van der Waals surface area contributed by atoms with Crippen LogP contribution in [0, 0.1) is 0 Å². The lowest BCUT2D eigenvalue weighted by atomic mass is 10.1. The van der Waals surface area contributed by atoms with Gasteiger partial charge in [0.05, 0.1) is 0 Å². The molecule has 0 aromatic heterocycles. The van der Waals surface area contributed by atoms with E-state index in [-0.39, 0.29) is 5.04 Å². The number of hydrogen-bond donors (Lipinski definition) is 0. The van der Waals surface area contributed by atoms with Crippen LogP contribution in [0.15, 0.2) is 85.0 Å². The van der Waals surface area contributed by atoms with Crippen LogP contribution in [0.2, 0.25) is 5.04 Å². The SMILES string of the molecule is C=C(C)C(=C)CCCO[Si](c1ccccc1)(c1ccccc1)C(C)(C)C. The molecule has 0 saturated heterocycles. The van der Waals surface area contributed by atoms with Gasteiger partial charge in [-0.1, -0.05) is 106 Å². The maximum absolute atomic E-state index is 6.86. The molecule has 0 unspecified atom stereocenters. The second-order valence-corrected chi connectivity index (χ2v) is 12.3. The first kappa shape index (κ1) is 20.4. The van der Waals surface area contributed by atoms with Crippen LogP contribution in [0.5, 0.6) is 0 Å². The van der Waals surface area contributed by atoms with Crippen molar-refractivity contribution in [2.75, 3.05) is 6.61 Å². The zero-order valence-electron chi connectivity index (χ0n) is 16.7. The maximum Gasteiger partial charge on any atom is 0.261 e. The average molecular weight is 365 g/mol. The topological polar surface area (TPSA) is 9.23 Å². The molecule has 0 atom stereocenters. The van der Waals surface area contributed by atoms with Gasteiger partial charge in [0.2, 0.25) is 0 Å². The van der Waals surface area contributed by atoms with Gasteiger partial charge in [-0.2, -0.15) is 0 Å². The highest BCUT2D eigenvalue weighted by Crippen LogP contribution is 2.36. The molecule has 26 heavy (non-hydrogen) atoms. The second-order valence-electron chi connectivity index (χ2n) is 8.00. The van der Waals surface area contributed by atoms with Crippen molar-refractivity contribution in [2.24, 2.45) is 0 Å². The Kier molecular flexibility index (Phi) is 6.79. The summed E-state index contributed by atoms with van der Waals surface area (Å²) in [4.78, 5) is 0. The molecule has 1 nitrogen and oxygen atoms in total. The van der Waals surface area contributed by atoms with Crippen LogP contribution in [0.25, 0.3) is 0 Å². The van der Waals surface area contributed by atoms with Crippen LogP contribution < -0.4 is 10.4 Å². The van der Waals surface area contributed by atoms with Gasteiger partial charge in [0.25, 0.3) is 8.32 Å². The molecule has 0 aliphatic heterocycles. The van der Waals surface area contributed by atoms with Gasteiger partial charge >= 0.3 is 0 Å². The summed E-state index contributed by atoms with van der Waals surface area (Å²) in [5, 5.41) is 2.69. The van der Waals surface area contributed by atoms with E-state index < -0.39 is 8.32 Å². The lowest BCUT2D eigenvalue weighted by Crippen LogP contribution is -2.66. The molecule has 0 radical (unpaired) electrons. The zero-order chi connectivity index (χ0) is 19.2. The lowest BCUT2D eigenvalue weighted by molar-refractivity contribution is 0.292. The Bertz CT molecular complexity index is 686. The Labute approximate surface area is 160 Å². The summed E-state index contributed by atoms with van der Waals surface area (Å²) in [7, 11) is -2.40. The van der Waals surface area contributed by atoms with Gasteiger partial charge in [0, 0.05) is 6.61 Å².